The maximum atomic E-state index is 13.2. The Kier molecular flexibility index (Phi) is 10.4. The SMILES string of the molecule is CCOC1CC(N)(C(=O)N2CCN(CCOC)C(CC)C2)C1(C)C.Cl.Cl. The number of nitrogens with zero attached hydrogens (tertiary/aromatic N) is 2. The van der Waals surface area contributed by atoms with Crippen LogP contribution in [0.25, 0.3) is 0 Å². The smallest absolute Gasteiger partial charge is 0.243 e. The van der Waals surface area contributed by atoms with Gasteiger partial charge in [0.1, 0.15) is 5.54 Å². The molecule has 2 aliphatic rings. The van der Waals surface area contributed by atoms with Crippen molar-refractivity contribution >= 4 is 30.7 Å². The first-order chi connectivity index (χ1) is 11.3. The third-order valence-electron chi connectivity index (χ3n) is 6.16. The molecule has 0 radical (unpaired) electrons. The molecule has 3 atom stereocenters. The maximum Gasteiger partial charge on any atom is 0.243 e. The van der Waals surface area contributed by atoms with Gasteiger partial charge in [-0.2, -0.15) is 0 Å². The summed E-state index contributed by atoms with van der Waals surface area (Å²) in [6, 6.07) is 0.382. The van der Waals surface area contributed by atoms with Crippen LogP contribution < -0.4 is 5.73 Å². The van der Waals surface area contributed by atoms with E-state index < -0.39 is 5.54 Å². The van der Waals surface area contributed by atoms with E-state index >= 15 is 0 Å². The summed E-state index contributed by atoms with van der Waals surface area (Å²) in [6.07, 6.45) is 1.71. The Morgan fingerprint density at radius 2 is 1.88 bits per heavy atom. The van der Waals surface area contributed by atoms with Gasteiger partial charge in [-0.1, -0.05) is 20.8 Å². The van der Waals surface area contributed by atoms with Gasteiger partial charge >= 0.3 is 0 Å². The Hall–Kier alpha value is -0.110. The van der Waals surface area contributed by atoms with Crippen molar-refractivity contribution in [1.29, 1.82) is 0 Å². The van der Waals surface area contributed by atoms with E-state index in [1.807, 2.05) is 11.8 Å². The van der Waals surface area contributed by atoms with Crippen LogP contribution in [0.5, 0.6) is 0 Å². The summed E-state index contributed by atoms with van der Waals surface area (Å²) in [4.78, 5) is 17.5. The van der Waals surface area contributed by atoms with E-state index in [1.54, 1.807) is 7.11 Å². The van der Waals surface area contributed by atoms with Crippen molar-refractivity contribution in [2.75, 3.05) is 46.5 Å². The van der Waals surface area contributed by atoms with Gasteiger partial charge in [0.15, 0.2) is 0 Å². The van der Waals surface area contributed by atoms with Crippen molar-refractivity contribution in [2.24, 2.45) is 11.1 Å². The summed E-state index contributed by atoms with van der Waals surface area (Å²) in [5.41, 5.74) is 5.44. The summed E-state index contributed by atoms with van der Waals surface area (Å²) in [7, 11) is 1.73. The van der Waals surface area contributed by atoms with E-state index in [2.05, 4.69) is 25.7 Å². The number of carbonyl (C=O) groups is 1. The summed E-state index contributed by atoms with van der Waals surface area (Å²) >= 11 is 0. The number of ether oxygens (including phenoxy) is 2. The summed E-state index contributed by atoms with van der Waals surface area (Å²) in [5.74, 6) is 0.0910. The molecule has 26 heavy (non-hydrogen) atoms. The number of halogens is 2. The van der Waals surface area contributed by atoms with Crippen LogP contribution in [-0.4, -0.2) is 79.9 Å². The standard InChI is InChI=1S/C18H35N3O3.2ClH/c1-6-14-13-21(9-8-20(14)10-11-23-5)16(22)18(19)12-15(24-7-2)17(18,3)4;;/h14-15H,6-13,19H2,1-5H3;2*1H. The van der Waals surface area contributed by atoms with Crippen molar-refractivity contribution < 1.29 is 14.3 Å². The van der Waals surface area contributed by atoms with Gasteiger partial charge < -0.3 is 20.1 Å². The Morgan fingerprint density at radius 1 is 1.23 bits per heavy atom. The molecule has 0 aromatic heterocycles. The van der Waals surface area contributed by atoms with E-state index in [-0.39, 0.29) is 42.2 Å². The number of methoxy groups -OCH3 is 1. The molecule has 1 saturated heterocycles. The predicted octanol–water partition coefficient (Wildman–Crippen LogP) is 1.93. The van der Waals surface area contributed by atoms with Crippen LogP contribution in [0.4, 0.5) is 0 Å². The fourth-order valence-electron chi connectivity index (χ4n) is 4.05. The molecule has 3 unspecified atom stereocenters. The van der Waals surface area contributed by atoms with E-state index in [4.69, 9.17) is 15.2 Å². The minimum atomic E-state index is -0.806. The minimum absolute atomic E-state index is 0. The van der Waals surface area contributed by atoms with Crippen molar-refractivity contribution in [1.82, 2.24) is 9.80 Å². The highest BCUT2D eigenvalue weighted by atomic mass is 35.5. The van der Waals surface area contributed by atoms with Gasteiger partial charge in [0.05, 0.1) is 12.7 Å². The second-order valence-corrected chi connectivity index (χ2v) is 7.68. The van der Waals surface area contributed by atoms with Crippen LogP contribution in [0.15, 0.2) is 0 Å². The van der Waals surface area contributed by atoms with Crippen LogP contribution in [0.2, 0.25) is 0 Å². The number of piperazine rings is 1. The number of nitrogens with two attached hydrogens (primary N) is 1. The highest BCUT2D eigenvalue weighted by Gasteiger charge is 2.63. The van der Waals surface area contributed by atoms with Gasteiger partial charge in [-0.3, -0.25) is 9.69 Å². The number of amides is 1. The number of hydrogen-bond acceptors (Lipinski definition) is 5. The molecule has 1 heterocycles. The highest BCUT2D eigenvalue weighted by molar-refractivity contribution is 5.89. The average molecular weight is 414 g/mol. The van der Waals surface area contributed by atoms with Crippen LogP contribution in [0.3, 0.4) is 0 Å². The number of carbonyl (C=O) groups excluding carboxylic acids is 1. The van der Waals surface area contributed by atoms with E-state index in [0.717, 1.165) is 39.2 Å². The van der Waals surface area contributed by atoms with Gasteiger partial charge in [-0.25, -0.2) is 0 Å². The zero-order chi connectivity index (χ0) is 18.0. The molecule has 0 aromatic carbocycles. The fourth-order valence-corrected chi connectivity index (χ4v) is 4.05. The Balaban J connectivity index is 0.00000312. The van der Waals surface area contributed by atoms with E-state index in [0.29, 0.717) is 19.1 Å². The first kappa shape index (κ1) is 25.9. The molecule has 156 valence electrons. The number of hydrogen-bond donors (Lipinski definition) is 1. The Morgan fingerprint density at radius 3 is 2.38 bits per heavy atom. The lowest BCUT2D eigenvalue weighted by molar-refractivity contribution is -0.181. The largest absolute Gasteiger partial charge is 0.383 e. The van der Waals surface area contributed by atoms with Crippen LogP contribution in [0, 0.1) is 5.41 Å². The molecular formula is C18H37Cl2N3O3. The third-order valence-corrected chi connectivity index (χ3v) is 6.16. The lowest BCUT2D eigenvalue weighted by Gasteiger charge is -2.59. The quantitative estimate of drug-likeness (QED) is 0.690. The van der Waals surface area contributed by atoms with E-state index in [1.165, 1.54) is 0 Å². The molecule has 0 aromatic rings. The maximum absolute atomic E-state index is 13.2. The molecular weight excluding hydrogens is 377 g/mol. The molecule has 0 bridgehead atoms. The van der Waals surface area contributed by atoms with Crippen LogP contribution >= 0.6 is 24.8 Å². The molecule has 1 aliphatic carbocycles. The van der Waals surface area contributed by atoms with Crippen LogP contribution in [0.1, 0.15) is 40.5 Å². The average Bonchev–Trinajstić information content (AvgIpc) is 2.58. The normalized spacial score (nSPS) is 30.8. The lowest BCUT2D eigenvalue weighted by Crippen LogP contribution is -2.77. The molecule has 1 amide bonds. The van der Waals surface area contributed by atoms with Gasteiger partial charge in [-0.05, 0) is 13.3 Å². The molecule has 2 rings (SSSR count). The molecule has 2 fully saturated rings. The van der Waals surface area contributed by atoms with Gasteiger partial charge in [0, 0.05) is 57.8 Å². The molecule has 0 spiro atoms. The minimum Gasteiger partial charge on any atom is -0.383 e. The second-order valence-electron chi connectivity index (χ2n) is 7.68. The lowest BCUT2D eigenvalue weighted by atomic mass is 9.54. The van der Waals surface area contributed by atoms with E-state index in [9.17, 15) is 4.79 Å². The Labute approximate surface area is 170 Å². The molecule has 1 aliphatic heterocycles. The van der Waals surface area contributed by atoms with Crippen molar-refractivity contribution in [3.63, 3.8) is 0 Å². The predicted molar refractivity (Wildman–Crippen MR) is 109 cm³/mol. The fraction of sp³-hybridized carbons (Fsp3) is 0.944. The first-order valence-corrected chi connectivity index (χ1v) is 9.24. The third kappa shape index (κ3) is 4.65. The van der Waals surface area contributed by atoms with Crippen LogP contribution in [-0.2, 0) is 14.3 Å². The highest BCUT2D eigenvalue weighted by Crippen LogP contribution is 2.50. The first-order valence-electron chi connectivity index (χ1n) is 9.24. The molecule has 6 nitrogen and oxygen atoms in total. The summed E-state index contributed by atoms with van der Waals surface area (Å²) in [5, 5.41) is 0. The molecule has 1 saturated carbocycles. The number of rotatable bonds is 7. The van der Waals surface area contributed by atoms with Crippen molar-refractivity contribution in [3.8, 4) is 0 Å². The topological polar surface area (TPSA) is 68.0 Å². The van der Waals surface area contributed by atoms with Crippen molar-refractivity contribution in [3.05, 3.63) is 0 Å². The molecule has 8 heteroatoms. The van der Waals surface area contributed by atoms with Gasteiger partial charge in [0.2, 0.25) is 5.91 Å². The molecule has 2 N–H and O–H groups in total. The van der Waals surface area contributed by atoms with Gasteiger partial charge in [0.25, 0.3) is 0 Å². The zero-order valence-corrected chi connectivity index (χ0v) is 18.5. The second kappa shape index (κ2) is 10.4. The monoisotopic (exact) mass is 413 g/mol. The summed E-state index contributed by atoms with van der Waals surface area (Å²) in [6.45, 7) is 13.0. The van der Waals surface area contributed by atoms with Crippen molar-refractivity contribution in [2.45, 2.75) is 58.2 Å². The zero-order valence-electron chi connectivity index (χ0n) is 16.8. The van der Waals surface area contributed by atoms with Gasteiger partial charge in [-0.15, -0.1) is 24.8 Å². The Bertz CT molecular complexity index is 453. The summed E-state index contributed by atoms with van der Waals surface area (Å²) < 4.78 is 11.0.